The summed E-state index contributed by atoms with van der Waals surface area (Å²) in [5.74, 6) is 0.468. The molecule has 0 aromatic heterocycles. The van der Waals surface area contributed by atoms with Gasteiger partial charge in [-0.1, -0.05) is 19.1 Å². The fourth-order valence-electron chi connectivity index (χ4n) is 0.329. The molecule has 0 heteroatoms. The third-order valence-corrected chi connectivity index (χ3v) is 0.521. The first-order chi connectivity index (χ1) is 2.77. The molecule has 0 fully saturated rings. The Bertz CT molecular complexity index is 42.0. The summed E-state index contributed by atoms with van der Waals surface area (Å²) in [6.07, 6.45) is 4.07. The van der Waals surface area contributed by atoms with Gasteiger partial charge in [-0.25, -0.2) is 0 Å². The average molecular weight is 83.2 g/mol. The van der Waals surface area contributed by atoms with Crippen LogP contribution in [0.2, 0.25) is 0 Å². The smallest absolute Gasteiger partial charge is 0.0262 e. The van der Waals surface area contributed by atoms with E-state index in [9.17, 15) is 0 Å². The lowest BCUT2D eigenvalue weighted by Gasteiger charge is -1.86. The van der Waals surface area contributed by atoms with Gasteiger partial charge in [0.25, 0.3) is 0 Å². The van der Waals surface area contributed by atoms with Gasteiger partial charge in [-0.15, -0.1) is 0 Å². The molecule has 35 valence electrons. The van der Waals surface area contributed by atoms with Crippen LogP contribution in [0, 0.1) is 12.8 Å². The highest BCUT2D eigenvalue weighted by atomic mass is 13.8. The van der Waals surface area contributed by atoms with E-state index in [1.807, 2.05) is 13.0 Å². The van der Waals surface area contributed by atoms with E-state index in [2.05, 4.69) is 19.9 Å². The van der Waals surface area contributed by atoms with Crippen LogP contribution in [0.1, 0.15) is 13.8 Å². The third-order valence-electron chi connectivity index (χ3n) is 0.521. The van der Waals surface area contributed by atoms with Crippen molar-refractivity contribution in [1.82, 2.24) is 0 Å². The number of rotatable bonds is 1. The Labute approximate surface area is 39.9 Å². The van der Waals surface area contributed by atoms with Gasteiger partial charge in [0, 0.05) is 0 Å². The topological polar surface area (TPSA) is 0 Å². The van der Waals surface area contributed by atoms with E-state index in [-0.39, 0.29) is 0 Å². The highest BCUT2D eigenvalue weighted by Crippen LogP contribution is 1.89. The molecule has 0 aliphatic heterocycles. The highest BCUT2D eigenvalue weighted by molar-refractivity contribution is 4.83. The Morgan fingerprint density at radius 3 is 2.17 bits per heavy atom. The molecular weight excluding hydrogens is 72.1 g/mol. The van der Waals surface area contributed by atoms with Crippen molar-refractivity contribution < 1.29 is 0 Å². The van der Waals surface area contributed by atoms with E-state index in [1.165, 1.54) is 0 Å². The lowest BCUT2D eigenvalue weighted by molar-refractivity contribution is 0.934. The summed E-state index contributed by atoms with van der Waals surface area (Å²) in [6.45, 7) is 7.80. The second-order valence-electron chi connectivity index (χ2n) is 1.50. The van der Waals surface area contributed by atoms with Gasteiger partial charge in [-0.3, -0.25) is 0 Å². The van der Waals surface area contributed by atoms with Crippen LogP contribution in [0.4, 0.5) is 0 Å². The van der Waals surface area contributed by atoms with E-state index in [4.69, 9.17) is 0 Å². The molecule has 0 heterocycles. The summed E-state index contributed by atoms with van der Waals surface area (Å²) in [5.41, 5.74) is 0. The SMILES string of the molecule is [CH2][C@@H](C)/C=C/C. The van der Waals surface area contributed by atoms with Crippen molar-refractivity contribution >= 4 is 0 Å². The van der Waals surface area contributed by atoms with Crippen LogP contribution in [0.3, 0.4) is 0 Å². The molecule has 0 aliphatic rings. The van der Waals surface area contributed by atoms with Crippen molar-refractivity contribution in [3.63, 3.8) is 0 Å². The minimum Gasteiger partial charge on any atom is -0.0914 e. The molecule has 0 amide bonds. The summed E-state index contributed by atoms with van der Waals surface area (Å²) < 4.78 is 0. The maximum absolute atomic E-state index is 3.74. The first-order valence-corrected chi connectivity index (χ1v) is 2.23. The zero-order valence-corrected chi connectivity index (χ0v) is 4.44. The van der Waals surface area contributed by atoms with Crippen LogP contribution in [0.25, 0.3) is 0 Å². The third kappa shape index (κ3) is 3.74. The molecule has 0 saturated carbocycles. The predicted octanol–water partition coefficient (Wildman–Crippen LogP) is 2.03. The maximum atomic E-state index is 3.74. The van der Waals surface area contributed by atoms with Crippen LogP contribution in [-0.2, 0) is 0 Å². The van der Waals surface area contributed by atoms with Crippen LogP contribution in [-0.4, -0.2) is 0 Å². The van der Waals surface area contributed by atoms with Gasteiger partial charge in [-0.05, 0) is 19.8 Å². The molecule has 1 atom stereocenters. The second kappa shape index (κ2) is 2.95. The summed E-state index contributed by atoms with van der Waals surface area (Å²) >= 11 is 0. The van der Waals surface area contributed by atoms with Gasteiger partial charge >= 0.3 is 0 Å². The highest BCUT2D eigenvalue weighted by Gasteiger charge is 1.76. The Balaban J connectivity index is 3.03. The number of allylic oxidation sites excluding steroid dienone is 2. The van der Waals surface area contributed by atoms with Gasteiger partial charge in [0.1, 0.15) is 0 Å². The molecule has 0 aromatic carbocycles. The summed E-state index contributed by atoms with van der Waals surface area (Å²) in [5, 5.41) is 0. The Morgan fingerprint density at radius 2 is 2.17 bits per heavy atom. The molecular formula is C6H11. The van der Waals surface area contributed by atoms with Crippen molar-refractivity contribution in [1.29, 1.82) is 0 Å². The Kier molecular flexibility index (Phi) is 2.82. The normalized spacial score (nSPS) is 11.3. The monoisotopic (exact) mass is 83.1 g/mol. The second-order valence-corrected chi connectivity index (χ2v) is 1.50. The fraction of sp³-hybridized carbons (Fsp3) is 0.500. The maximum Gasteiger partial charge on any atom is -0.0262 e. The first kappa shape index (κ1) is 5.74. The first-order valence-electron chi connectivity index (χ1n) is 2.23. The molecule has 0 N–H and O–H groups in total. The van der Waals surface area contributed by atoms with Gasteiger partial charge in [0.15, 0.2) is 0 Å². The van der Waals surface area contributed by atoms with E-state index in [0.29, 0.717) is 5.92 Å². The van der Waals surface area contributed by atoms with E-state index in [1.54, 1.807) is 0 Å². The average Bonchev–Trinajstić information content (AvgIpc) is 1.35. The molecule has 1 radical (unpaired) electrons. The van der Waals surface area contributed by atoms with Crippen molar-refractivity contribution in [2.75, 3.05) is 0 Å². The van der Waals surface area contributed by atoms with E-state index < -0.39 is 0 Å². The Morgan fingerprint density at radius 1 is 1.67 bits per heavy atom. The van der Waals surface area contributed by atoms with Crippen LogP contribution in [0.5, 0.6) is 0 Å². The lowest BCUT2D eigenvalue weighted by Crippen LogP contribution is -1.74. The van der Waals surface area contributed by atoms with Crippen LogP contribution in [0.15, 0.2) is 12.2 Å². The predicted molar refractivity (Wildman–Crippen MR) is 29.3 cm³/mol. The molecule has 0 saturated heterocycles. The van der Waals surface area contributed by atoms with Crippen molar-refractivity contribution in [3.05, 3.63) is 19.1 Å². The molecule has 0 bridgehead atoms. The molecule has 6 heavy (non-hydrogen) atoms. The van der Waals surface area contributed by atoms with Crippen molar-refractivity contribution in [2.24, 2.45) is 5.92 Å². The fourth-order valence-corrected chi connectivity index (χ4v) is 0.329. The zero-order valence-electron chi connectivity index (χ0n) is 4.44. The van der Waals surface area contributed by atoms with Crippen LogP contribution >= 0.6 is 0 Å². The largest absolute Gasteiger partial charge is 0.0914 e. The molecule has 0 nitrogen and oxygen atoms in total. The molecule has 0 rings (SSSR count). The summed E-state index contributed by atoms with van der Waals surface area (Å²) in [7, 11) is 0. The lowest BCUT2D eigenvalue weighted by atomic mass is 10.2. The van der Waals surface area contributed by atoms with Crippen LogP contribution < -0.4 is 0 Å². The van der Waals surface area contributed by atoms with E-state index in [0.717, 1.165) is 0 Å². The quantitative estimate of drug-likeness (QED) is 0.425. The molecule has 0 aromatic rings. The van der Waals surface area contributed by atoms with Gasteiger partial charge in [0.05, 0.1) is 0 Å². The Hall–Kier alpha value is -0.260. The van der Waals surface area contributed by atoms with Gasteiger partial charge < -0.3 is 0 Å². The number of hydrogen-bond acceptors (Lipinski definition) is 0. The van der Waals surface area contributed by atoms with Gasteiger partial charge in [-0.2, -0.15) is 0 Å². The zero-order chi connectivity index (χ0) is 4.99. The molecule has 0 unspecified atom stereocenters. The molecule has 0 aliphatic carbocycles. The standard InChI is InChI=1S/C6H11/c1-4-5-6(2)3/h4-6H,2H2,1,3H3/b5-4+/t6-/m0/s1. The summed E-state index contributed by atoms with van der Waals surface area (Å²) in [4.78, 5) is 0. The molecule has 0 spiro atoms. The summed E-state index contributed by atoms with van der Waals surface area (Å²) in [6, 6.07) is 0. The van der Waals surface area contributed by atoms with Crippen molar-refractivity contribution in [2.45, 2.75) is 13.8 Å². The number of hydrogen-bond donors (Lipinski definition) is 0. The van der Waals surface area contributed by atoms with E-state index >= 15 is 0 Å². The minimum absolute atomic E-state index is 0.468. The minimum atomic E-state index is 0.468. The van der Waals surface area contributed by atoms with Gasteiger partial charge in [0.2, 0.25) is 0 Å². The van der Waals surface area contributed by atoms with Crippen molar-refractivity contribution in [3.8, 4) is 0 Å².